The number of hydrogen-bond acceptors (Lipinski definition) is 7. The van der Waals surface area contributed by atoms with Gasteiger partial charge in [-0.1, -0.05) is 19.1 Å². The number of Topliss-reactive ketones (excluding diaryl/α,β-unsaturated/α-hetero) is 1. The molecule has 2 aliphatic rings. The molecular formula is C19H27NO6. The van der Waals surface area contributed by atoms with E-state index in [2.05, 4.69) is 0 Å². The Bertz CT molecular complexity index is 648. The van der Waals surface area contributed by atoms with E-state index in [1.807, 2.05) is 11.9 Å². The van der Waals surface area contributed by atoms with Crippen LogP contribution < -0.4 is 0 Å². The summed E-state index contributed by atoms with van der Waals surface area (Å²) in [5, 5.41) is 10.6. The molecule has 0 spiro atoms. The molecule has 26 heavy (non-hydrogen) atoms. The predicted molar refractivity (Wildman–Crippen MR) is 94.2 cm³/mol. The van der Waals surface area contributed by atoms with Gasteiger partial charge in [-0.2, -0.15) is 0 Å². The highest BCUT2D eigenvalue weighted by Crippen LogP contribution is 2.27. The van der Waals surface area contributed by atoms with E-state index < -0.39 is 29.6 Å². The molecule has 1 unspecified atom stereocenters. The Hall–Kier alpha value is -1.99. The molecule has 3 atom stereocenters. The number of hydrogen-bond donors (Lipinski definition) is 1. The van der Waals surface area contributed by atoms with Crippen molar-refractivity contribution in [3.05, 3.63) is 23.3 Å². The number of ketones is 1. The van der Waals surface area contributed by atoms with Gasteiger partial charge < -0.3 is 19.5 Å². The van der Waals surface area contributed by atoms with Crippen LogP contribution >= 0.6 is 0 Å². The molecule has 0 radical (unpaired) electrons. The Morgan fingerprint density at radius 2 is 2.04 bits per heavy atom. The van der Waals surface area contributed by atoms with Crippen molar-refractivity contribution in [2.75, 3.05) is 26.7 Å². The van der Waals surface area contributed by atoms with Gasteiger partial charge in [0.15, 0.2) is 11.7 Å². The largest absolute Gasteiger partial charge is 0.459 e. The quantitative estimate of drug-likeness (QED) is 0.506. The molecule has 0 amide bonds. The van der Waals surface area contributed by atoms with E-state index in [9.17, 15) is 19.5 Å². The second-order valence-electron chi connectivity index (χ2n) is 7.18. The summed E-state index contributed by atoms with van der Waals surface area (Å²) in [6.45, 7) is 5.58. The van der Waals surface area contributed by atoms with Crippen LogP contribution in [0, 0.1) is 5.92 Å². The van der Waals surface area contributed by atoms with E-state index in [1.54, 1.807) is 26.0 Å². The van der Waals surface area contributed by atoms with Crippen LogP contribution in [-0.4, -0.2) is 66.2 Å². The van der Waals surface area contributed by atoms with Crippen molar-refractivity contribution in [1.29, 1.82) is 0 Å². The SMILES string of the molecule is CC=C1C[C@@H](C)[C@@](C)(O)C(=O)OC/C2=C/CN(C)CCC(OC1=O)C2=O. The van der Waals surface area contributed by atoms with Gasteiger partial charge in [0, 0.05) is 30.7 Å². The normalized spacial score (nSPS) is 36.0. The van der Waals surface area contributed by atoms with Gasteiger partial charge in [-0.15, -0.1) is 0 Å². The minimum Gasteiger partial charge on any atom is -0.459 e. The highest BCUT2D eigenvalue weighted by molar-refractivity contribution is 6.01. The number of carbonyl (C=O) groups excluding carboxylic acids is 3. The van der Waals surface area contributed by atoms with Gasteiger partial charge in [0.05, 0.1) is 0 Å². The van der Waals surface area contributed by atoms with Crippen LogP contribution in [0.25, 0.3) is 0 Å². The third kappa shape index (κ3) is 4.40. The molecule has 1 fully saturated rings. The molecule has 2 bridgehead atoms. The van der Waals surface area contributed by atoms with Crippen LogP contribution in [0.1, 0.15) is 33.6 Å². The van der Waals surface area contributed by atoms with Gasteiger partial charge in [0.2, 0.25) is 5.78 Å². The molecule has 0 aromatic rings. The molecule has 7 nitrogen and oxygen atoms in total. The number of rotatable bonds is 0. The molecule has 7 heteroatoms. The van der Waals surface area contributed by atoms with E-state index in [4.69, 9.17) is 9.47 Å². The molecule has 1 saturated heterocycles. The first-order valence-corrected chi connectivity index (χ1v) is 8.84. The highest BCUT2D eigenvalue weighted by Gasteiger charge is 2.40. The average molecular weight is 365 g/mol. The van der Waals surface area contributed by atoms with Crippen LogP contribution in [0.4, 0.5) is 0 Å². The average Bonchev–Trinajstić information content (AvgIpc) is 2.59. The Kier molecular flexibility index (Phi) is 6.36. The summed E-state index contributed by atoms with van der Waals surface area (Å²) >= 11 is 0. The van der Waals surface area contributed by atoms with E-state index in [0.717, 1.165) is 0 Å². The monoisotopic (exact) mass is 365 g/mol. The fraction of sp³-hybridized carbons (Fsp3) is 0.632. The van der Waals surface area contributed by atoms with Crippen LogP contribution in [0.15, 0.2) is 23.3 Å². The molecule has 0 saturated carbocycles. The zero-order chi connectivity index (χ0) is 19.5. The summed E-state index contributed by atoms with van der Waals surface area (Å²) in [5.41, 5.74) is -1.19. The standard InChI is InChI=1S/C19H27NO6/c1-5-13-10-12(2)19(3,24)18(23)25-11-14-6-8-20(4)9-7-15(16(14)21)26-17(13)22/h5-6,12,15,24H,7-11H2,1-4H3/b13-5?,14-6-/t12-,15?,19-/m1/s1. The predicted octanol–water partition coefficient (Wildman–Crippen LogP) is 1.01. The van der Waals surface area contributed by atoms with Crippen LogP contribution in [0.3, 0.4) is 0 Å². The van der Waals surface area contributed by atoms with Crippen molar-refractivity contribution < 1.29 is 29.0 Å². The third-order valence-corrected chi connectivity index (χ3v) is 5.15. The van der Waals surface area contributed by atoms with Crippen molar-refractivity contribution in [2.24, 2.45) is 5.92 Å². The first-order chi connectivity index (χ1) is 12.2. The minimum atomic E-state index is -1.78. The minimum absolute atomic E-state index is 0.140. The first kappa shape index (κ1) is 20.3. The number of ether oxygens (including phenoxy) is 2. The number of aliphatic hydroxyl groups is 1. The van der Waals surface area contributed by atoms with Gasteiger partial charge in [0.1, 0.15) is 6.61 Å². The van der Waals surface area contributed by atoms with Crippen molar-refractivity contribution in [3.8, 4) is 0 Å². The summed E-state index contributed by atoms with van der Waals surface area (Å²) < 4.78 is 10.7. The van der Waals surface area contributed by atoms with Crippen molar-refractivity contribution in [2.45, 2.75) is 45.3 Å². The molecule has 2 aliphatic heterocycles. The molecule has 0 aromatic carbocycles. The van der Waals surface area contributed by atoms with E-state index in [-0.39, 0.29) is 24.4 Å². The van der Waals surface area contributed by atoms with E-state index in [1.165, 1.54) is 6.92 Å². The Balaban J connectivity index is 2.42. The van der Waals surface area contributed by atoms with Crippen molar-refractivity contribution >= 4 is 17.7 Å². The maximum atomic E-state index is 12.8. The number of esters is 2. The molecular weight excluding hydrogens is 338 g/mol. The number of fused-ring (bicyclic) bond motifs is 2. The number of cyclic esters (lactones) is 1. The van der Waals surface area contributed by atoms with Gasteiger partial charge >= 0.3 is 11.9 Å². The van der Waals surface area contributed by atoms with Gasteiger partial charge in [-0.05, 0) is 33.2 Å². The maximum absolute atomic E-state index is 12.8. The lowest BCUT2D eigenvalue weighted by Gasteiger charge is -2.31. The van der Waals surface area contributed by atoms with Crippen LogP contribution in [0.5, 0.6) is 0 Å². The lowest BCUT2D eigenvalue weighted by Crippen LogP contribution is -2.45. The van der Waals surface area contributed by atoms with E-state index >= 15 is 0 Å². The summed E-state index contributed by atoms with van der Waals surface area (Å²) in [7, 11) is 1.89. The smallest absolute Gasteiger partial charge is 0.338 e. The molecule has 1 N–H and O–H groups in total. The number of allylic oxidation sites excluding steroid dienone is 1. The van der Waals surface area contributed by atoms with E-state index in [0.29, 0.717) is 25.1 Å². The zero-order valence-electron chi connectivity index (χ0n) is 15.8. The maximum Gasteiger partial charge on any atom is 0.338 e. The molecule has 0 aromatic heterocycles. The Morgan fingerprint density at radius 1 is 1.35 bits per heavy atom. The second kappa shape index (κ2) is 8.14. The van der Waals surface area contributed by atoms with Crippen LogP contribution in [0.2, 0.25) is 0 Å². The number of carbonyl (C=O) groups is 3. The summed E-state index contributed by atoms with van der Waals surface area (Å²) in [6.07, 6.45) is 2.86. The summed E-state index contributed by atoms with van der Waals surface area (Å²) in [5.74, 6) is -2.32. The van der Waals surface area contributed by atoms with Gasteiger partial charge in [-0.25, -0.2) is 9.59 Å². The molecule has 144 valence electrons. The molecule has 0 aliphatic carbocycles. The fourth-order valence-electron chi connectivity index (χ4n) is 2.92. The third-order valence-electron chi connectivity index (χ3n) is 5.15. The highest BCUT2D eigenvalue weighted by atomic mass is 16.6. The lowest BCUT2D eigenvalue weighted by atomic mass is 9.85. The summed E-state index contributed by atoms with van der Waals surface area (Å²) in [6, 6.07) is 0. The summed E-state index contributed by atoms with van der Waals surface area (Å²) in [4.78, 5) is 39.7. The topological polar surface area (TPSA) is 93.1 Å². The fourth-order valence-corrected chi connectivity index (χ4v) is 2.92. The first-order valence-electron chi connectivity index (χ1n) is 8.84. The Labute approximate surface area is 153 Å². The molecule has 2 rings (SSSR count). The van der Waals surface area contributed by atoms with Crippen LogP contribution in [-0.2, 0) is 23.9 Å². The van der Waals surface area contributed by atoms with Gasteiger partial charge in [-0.3, -0.25) is 4.79 Å². The molecule has 2 heterocycles. The number of likely N-dealkylation sites (N-methyl/N-ethyl adjacent to an activating group) is 1. The second-order valence-corrected chi connectivity index (χ2v) is 7.18. The van der Waals surface area contributed by atoms with Gasteiger partial charge in [0.25, 0.3) is 0 Å². The Morgan fingerprint density at radius 3 is 2.69 bits per heavy atom. The van der Waals surface area contributed by atoms with Crippen molar-refractivity contribution in [3.63, 3.8) is 0 Å². The number of nitrogens with zero attached hydrogens (tertiary/aromatic N) is 1. The zero-order valence-corrected chi connectivity index (χ0v) is 15.8. The lowest BCUT2D eigenvalue weighted by molar-refractivity contribution is -0.169. The van der Waals surface area contributed by atoms with Crippen molar-refractivity contribution in [1.82, 2.24) is 4.90 Å².